The molecule has 0 aromatic rings. The van der Waals surface area contributed by atoms with Crippen LogP contribution in [-0.2, 0) is 19.1 Å². The van der Waals surface area contributed by atoms with Gasteiger partial charge in [-0.05, 0) is 84.0 Å². The quantitative estimate of drug-likeness (QED) is 0.0327. The molecule has 0 spiro atoms. The van der Waals surface area contributed by atoms with Crippen LogP contribution in [0.2, 0.25) is 0 Å². The van der Waals surface area contributed by atoms with Gasteiger partial charge in [0.25, 0.3) is 0 Å². The number of aliphatic hydroxyl groups excluding tert-OH is 1. The lowest BCUT2D eigenvalue weighted by molar-refractivity contribution is -0.333. The highest BCUT2D eigenvalue weighted by molar-refractivity contribution is 5.71. The molecule has 266 valence electrons. The largest absolute Gasteiger partial charge is 0.398 e. The van der Waals surface area contributed by atoms with Crippen LogP contribution in [0, 0.1) is 0 Å². The van der Waals surface area contributed by atoms with Crippen LogP contribution in [0.5, 0.6) is 0 Å². The molecule has 0 aliphatic carbocycles. The third-order valence-corrected chi connectivity index (χ3v) is 7.76. The summed E-state index contributed by atoms with van der Waals surface area (Å²) in [5.41, 5.74) is 0. The van der Waals surface area contributed by atoms with Crippen LogP contribution in [0.4, 0.5) is 0 Å². The topological polar surface area (TPSA) is 93.1 Å². The zero-order valence-corrected chi connectivity index (χ0v) is 29.9. The Morgan fingerprint density at radius 2 is 0.870 bits per heavy atom. The summed E-state index contributed by atoms with van der Waals surface area (Å²) in [6, 6.07) is 0. The molecule has 46 heavy (non-hydrogen) atoms. The van der Waals surface area contributed by atoms with Crippen LogP contribution in [0.15, 0.2) is 48.6 Å². The minimum atomic E-state index is -2.43. The Labute approximate surface area is 282 Å². The SMILES string of the molecule is CCCCC/C=C\C/C=C\CCCCCCCC(=O)OC(O)(CC(C)O)OC(=O)CCCCCCC/C=C\C/C=C\CCCCC. The van der Waals surface area contributed by atoms with Gasteiger partial charge in [0, 0.05) is 12.8 Å². The Balaban J connectivity index is 4.01. The molecular formula is C40H70O6. The number of allylic oxidation sites excluding steroid dienone is 8. The van der Waals surface area contributed by atoms with Gasteiger partial charge in [0.2, 0.25) is 0 Å². The summed E-state index contributed by atoms with van der Waals surface area (Å²) in [6.45, 7) is 5.90. The van der Waals surface area contributed by atoms with Crippen molar-refractivity contribution >= 4 is 11.9 Å². The fourth-order valence-electron chi connectivity index (χ4n) is 5.10. The van der Waals surface area contributed by atoms with E-state index in [1.54, 1.807) is 0 Å². The minimum absolute atomic E-state index is 0.134. The number of hydrogen-bond acceptors (Lipinski definition) is 6. The number of esters is 2. The zero-order chi connectivity index (χ0) is 34.0. The average molecular weight is 647 g/mol. The van der Waals surface area contributed by atoms with E-state index in [1.807, 2.05) is 0 Å². The van der Waals surface area contributed by atoms with Crippen molar-refractivity contribution in [2.24, 2.45) is 0 Å². The molecule has 0 rings (SSSR count). The molecule has 0 bridgehead atoms. The Morgan fingerprint density at radius 1 is 0.543 bits per heavy atom. The first-order chi connectivity index (χ1) is 22.3. The first-order valence-corrected chi connectivity index (χ1v) is 18.8. The van der Waals surface area contributed by atoms with E-state index in [4.69, 9.17) is 9.47 Å². The van der Waals surface area contributed by atoms with E-state index in [-0.39, 0.29) is 19.3 Å². The fourth-order valence-corrected chi connectivity index (χ4v) is 5.10. The Hall–Kier alpha value is -2.18. The molecular weight excluding hydrogens is 576 g/mol. The van der Waals surface area contributed by atoms with Crippen LogP contribution in [-0.4, -0.2) is 34.2 Å². The first kappa shape index (κ1) is 43.8. The maximum Gasteiger partial charge on any atom is 0.375 e. The van der Waals surface area contributed by atoms with E-state index < -0.39 is 24.0 Å². The fraction of sp³-hybridized carbons (Fsp3) is 0.750. The lowest BCUT2D eigenvalue weighted by atomic mass is 10.1. The molecule has 0 fully saturated rings. The average Bonchev–Trinajstić information content (AvgIpc) is 3.00. The summed E-state index contributed by atoms with van der Waals surface area (Å²) < 4.78 is 10.3. The number of hydrogen-bond donors (Lipinski definition) is 2. The van der Waals surface area contributed by atoms with Crippen LogP contribution in [0.25, 0.3) is 0 Å². The summed E-state index contributed by atoms with van der Waals surface area (Å²) in [5.74, 6) is -3.69. The third kappa shape index (κ3) is 31.8. The summed E-state index contributed by atoms with van der Waals surface area (Å²) in [5, 5.41) is 20.5. The number of rotatable bonds is 32. The molecule has 0 saturated carbocycles. The summed E-state index contributed by atoms with van der Waals surface area (Å²) in [4.78, 5) is 24.8. The van der Waals surface area contributed by atoms with Gasteiger partial charge in [-0.3, -0.25) is 9.59 Å². The molecule has 1 atom stereocenters. The normalized spacial score (nSPS) is 13.1. The number of unbranched alkanes of at least 4 members (excludes halogenated alkanes) is 16. The number of carbonyl (C=O) groups excluding carboxylic acids is 2. The number of ether oxygens (including phenoxy) is 2. The molecule has 0 aliphatic heterocycles. The molecule has 2 N–H and O–H groups in total. The highest BCUT2D eigenvalue weighted by Crippen LogP contribution is 2.21. The first-order valence-electron chi connectivity index (χ1n) is 18.8. The van der Waals surface area contributed by atoms with Crippen molar-refractivity contribution in [2.45, 2.75) is 193 Å². The Kier molecular flexibility index (Phi) is 31.2. The van der Waals surface area contributed by atoms with E-state index >= 15 is 0 Å². The van der Waals surface area contributed by atoms with E-state index in [0.717, 1.165) is 77.0 Å². The van der Waals surface area contributed by atoms with E-state index in [2.05, 4.69) is 62.5 Å². The van der Waals surface area contributed by atoms with Crippen molar-refractivity contribution < 1.29 is 29.3 Å². The smallest absolute Gasteiger partial charge is 0.375 e. The zero-order valence-electron chi connectivity index (χ0n) is 29.9. The van der Waals surface area contributed by atoms with Gasteiger partial charge in [0.15, 0.2) is 0 Å². The van der Waals surface area contributed by atoms with Crippen LogP contribution in [0.1, 0.15) is 181 Å². The van der Waals surface area contributed by atoms with Crippen molar-refractivity contribution in [1.82, 2.24) is 0 Å². The van der Waals surface area contributed by atoms with Crippen molar-refractivity contribution in [3.8, 4) is 0 Å². The molecule has 0 aromatic carbocycles. The highest BCUT2D eigenvalue weighted by Gasteiger charge is 2.37. The van der Waals surface area contributed by atoms with Crippen molar-refractivity contribution in [3.05, 3.63) is 48.6 Å². The van der Waals surface area contributed by atoms with Gasteiger partial charge < -0.3 is 19.7 Å². The van der Waals surface area contributed by atoms with Gasteiger partial charge in [-0.2, -0.15) is 0 Å². The van der Waals surface area contributed by atoms with Gasteiger partial charge in [-0.15, -0.1) is 0 Å². The van der Waals surface area contributed by atoms with Crippen molar-refractivity contribution in [1.29, 1.82) is 0 Å². The van der Waals surface area contributed by atoms with Gasteiger partial charge in [0.05, 0.1) is 12.5 Å². The molecule has 0 saturated heterocycles. The maximum atomic E-state index is 12.4. The number of carbonyl (C=O) groups is 2. The predicted octanol–water partition coefficient (Wildman–Crippen LogP) is 11.1. The summed E-state index contributed by atoms with van der Waals surface area (Å²) in [6.07, 6.45) is 40.6. The molecule has 6 nitrogen and oxygen atoms in total. The van der Waals surface area contributed by atoms with Crippen LogP contribution >= 0.6 is 0 Å². The lowest BCUT2D eigenvalue weighted by Gasteiger charge is -2.28. The molecule has 0 amide bonds. The predicted molar refractivity (Wildman–Crippen MR) is 192 cm³/mol. The van der Waals surface area contributed by atoms with Crippen LogP contribution < -0.4 is 0 Å². The molecule has 0 aliphatic rings. The van der Waals surface area contributed by atoms with Gasteiger partial charge in [-0.25, -0.2) is 0 Å². The summed E-state index contributed by atoms with van der Waals surface area (Å²) >= 11 is 0. The summed E-state index contributed by atoms with van der Waals surface area (Å²) in [7, 11) is 0. The highest BCUT2D eigenvalue weighted by atomic mass is 16.8. The monoisotopic (exact) mass is 647 g/mol. The second-order valence-corrected chi connectivity index (χ2v) is 12.7. The van der Waals surface area contributed by atoms with E-state index in [9.17, 15) is 19.8 Å². The number of aliphatic hydroxyl groups is 2. The second-order valence-electron chi connectivity index (χ2n) is 12.7. The third-order valence-electron chi connectivity index (χ3n) is 7.76. The van der Waals surface area contributed by atoms with E-state index in [0.29, 0.717) is 12.8 Å². The molecule has 1 unspecified atom stereocenters. The van der Waals surface area contributed by atoms with Crippen LogP contribution in [0.3, 0.4) is 0 Å². The van der Waals surface area contributed by atoms with Crippen molar-refractivity contribution in [2.75, 3.05) is 0 Å². The molecule has 0 heterocycles. The minimum Gasteiger partial charge on any atom is -0.398 e. The molecule has 6 heteroatoms. The van der Waals surface area contributed by atoms with Gasteiger partial charge in [0.1, 0.15) is 0 Å². The van der Waals surface area contributed by atoms with Crippen molar-refractivity contribution in [3.63, 3.8) is 0 Å². The molecule has 0 aromatic heterocycles. The standard InChI is InChI=1S/C40H70O6/c1-4-6-8-10-12-14-16-18-20-22-24-26-28-30-32-34-38(42)45-40(44,36-37(3)41)46-39(43)35-33-31-29-27-25-23-21-19-17-15-13-11-9-7-5-2/h12-15,18-21,37,41,44H,4-11,16-17,22-36H2,1-3H3/b14-12-,15-13-,20-18-,21-19-. The Morgan fingerprint density at radius 3 is 1.22 bits per heavy atom. The van der Waals surface area contributed by atoms with E-state index in [1.165, 1.54) is 58.3 Å². The second kappa shape index (κ2) is 32.7. The lowest BCUT2D eigenvalue weighted by Crippen LogP contribution is -2.42. The van der Waals surface area contributed by atoms with Gasteiger partial charge in [-0.1, -0.05) is 127 Å². The Bertz CT molecular complexity index is 766. The molecule has 0 radical (unpaired) electrons. The maximum absolute atomic E-state index is 12.4. The van der Waals surface area contributed by atoms with Gasteiger partial charge >= 0.3 is 17.9 Å².